The summed E-state index contributed by atoms with van der Waals surface area (Å²) in [6.07, 6.45) is 0. The standard InChI is InChI=1S/C11H16BrNO2/c1-13(2)10(7-14)8-4-5-11(15-3)9(12)6-8/h4-6,10,14H,7H2,1-3H3. The molecule has 0 saturated heterocycles. The summed E-state index contributed by atoms with van der Waals surface area (Å²) in [4.78, 5) is 1.98. The summed E-state index contributed by atoms with van der Waals surface area (Å²) in [6.45, 7) is 0.103. The van der Waals surface area contributed by atoms with Gasteiger partial charge in [-0.3, -0.25) is 0 Å². The minimum absolute atomic E-state index is 0.0206. The van der Waals surface area contributed by atoms with Gasteiger partial charge in [-0.25, -0.2) is 0 Å². The molecule has 1 atom stereocenters. The molecule has 0 aliphatic rings. The first-order valence-corrected chi connectivity index (χ1v) is 5.50. The van der Waals surface area contributed by atoms with E-state index in [1.807, 2.05) is 37.2 Å². The van der Waals surface area contributed by atoms with Crippen molar-refractivity contribution in [1.29, 1.82) is 0 Å². The molecule has 0 amide bonds. The lowest BCUT2D eigenvalue weighted by atomic mass is 10.1. The molecule has 1 aromatic carbocycles. The van der Waals surface area contributed by atoms with Crippen molar-refractivity contribution in [1.82, 2.24) is 4.90 Å². The SMILES string of the molecule is COc1ccc(C(CO)N(C)C)cc1Br. The van der Waals surface area contributed by atoms with Gasteiger partial charge in [-0.15, -0.1) is 0 Å². The average molecular weight is 274 g/mol. The van der Waals surface area contributed by atoms with Crippen LogP contribution in [0.5, 0.6) is 5.75 Å². The third-order valence-electron chi connectivity index (χ3n) is 2.36. The Kier molecular flexibility index (Phi) is 4.57. The maximum atomic E-state index is 9.28. The van der Waals surface area contributed by atoms with Crippen LogP contribution in [0.3, 0.4) is 0 Å². The zero-order valence-corrected chi connectivity index (χ0v) is 10.8. The van der Waals surface area contributed by atoms with Gasteiger partial charge in [0.15, 0.2) is 0 Å². The fourth-order valence-electron chi connectivity index (χ4n) is 1.46. The van der Waals surface area contributed by atoms with Crippen LogP contribution in [0, 0.1) is 0 Å². The molecular formula is C11H16BrNO2. The molecule has 0 aliphatic carbocycles. The lowest BCUT2D eigenvalue weighted by Gasteiger charge is -2.22. The summed E-state index contributed by atoms with van der Waals surface area (Å²) in [5.74, 6) is 0.800. The number of hydrogen-bond donors (Lipinski definition) is 1. The first-order valence-electron chi connectivity index (χ1n) is 4.71. The molecule has 15 heavy (non-hydrogen) atoms. The number of ether oxygens (including phenoxy) is 1. The van der Waals surface area contributed by atoms with Crippen LogP contribution in [0.25, 0.3) is 0 Å². The van der Waals surface area contributed by atoms with Gasteiger partial charge in [0.2, 0.25) is 0 Å². The molecule has 1 unspecified atom stereocenters. The number of nitrogens with zero attached hydrogens (tertiary/aromatic N) is 1. The molecule has 0 bridgehead atoms. The molecule has 0 radical (unpaired) electrons. The smallest absolute Gasteiger partial charge is 0.133 e. The topological polar surface area (TPSA) is 32.7 Å². The van der Waals surface area contributed by atoms with Crippen molar-refractivity contribution >= 4 is 15.9 Å². The lowest BCUT2D eigenvalue weighted by molar-refractivity contribution is 0.170. The van der Waals surface area contributed by atoms with Gasteiger partial charge in [0, 0.05) is 0 Å². The van der Waals surface area contributed by atoms with Gasteiger partial charge in [0.25, 0.3) is 0 Å². The largest absolute Gasteiger partial charge is 0.496 e. The van der Waals surface area contributed by atoms with Crippen molar-refractivity contribution in [3.63, 3.8) is 0 Å². The summed E-state index contributed by atoms with van der Waals surface area (Å²) in [5, 5.41) is 9.28. The molecule has 1 N–H and O–H groups in total. The number of aliphatic hydroxyl groups excluding tert-OH is 1. The van der Waals surface area contributed by atoms with Crippen LogP contribution in [-0.4, -0.2) is 37.8 Å². The summed E-state index contributed by atoms with van der Waals surface area (Å²) in [7, 11) is 5.52. The summed E-state index contributed by atoms with van der Waals surface area (Å²) in [5.41, 5.74) is 1.06. The van der Waals surface area contributed by atoms with Gasteiger partial charge in [-0.05, 0) is 47.7 Å². The van der Waals surface area contributed by atoms with E-state index in [0.29, 0.717) is 0 Å². The van der Waals surface area contributed by atoms with Crippen LogP contribution < -0.4 is 4.74 Å². The minimum atomic E-state index is 0.0206. The Hall–Kier alpha value is -0.580. The molecular weight excluding hydrogens is 258 g/mol. The predicted octanol–water partition coefficient (Wildman–Crippen LogP) is 2.05. The Balaban J connectivity index is 3.00. The summed E-state index contributed by atoms with van der Waals surface area (Å²) >= 11 is 3.43. The quantitative estimate of drug-likeness (QED) is 0.912. The molecule has 0 aromatic heterocycles. The van der Waals surface area contributed by atoms with E-state index in [4.69, 9.17) is 4.74 Å². The molecule has 0 aliphatic heterocycles. The number of benzene rings is 1. The van der Waals surface area contributed by atoms with Crippen molar-refractivity contribution in [3.05, 3.63) is 28.2 Å². The van der Waals surface area contributed by atoms with Crippen molar-refractivity contribution in [2.45, 2.75) is 6.04 Å². The highest BCUT2D eigenvalue weighted by molar-refractivity contribution is 9.10. The third-order valence-corrected chi connectivity index (χ3v) is 2.98. The van der Waals surface area contributed by atoms with Crippen LogP contribution in [-0.2, 0) is 0 Å². The van der Waals surface area contributed by atoms with Crippen LogP contribution in [0.15, 0.2) is 22.7 Å². The number of hydrogen-bond acceptors (Lipinski definition) is 3. The van der Waals surface area contributed by atoms with Crippen molar-refractivity contribution in [3.8, 4) is 5.75 Å². The number of halogens is 1. The van der Waals surface area contributed by atoms with Gasteiger partial charge in [0.1, 0.15) is 5.75 Å². The van der Waals surface area contributed by atoms with Gasteiger partial charge in [0.05, 0.1) is 24.2 Å². The summed E-state index contributed by atoms with van der Waals surface area (Å²) in [6, 6.07) is 5.85. The van der Waals surface area contributed by atoms with E-state index in [9.17, 15) is 5.11 Å². The first-order chi connectivity index (χ1) is 7.10. The monoisotopic (exact) mass is 273 g/mol. The molecule has 0 spiro atoms. The van der Waals surface area contributed by atoms with E-state index in [2.05, 4.69) is 15.9 Å². The second kappa shape index (κ2) is 5.49. The zero-order valence-electron chi connectivity index (χ0n) is 9.20. The predicted molar refractivity (Wildman–Crippen MR) is 64.2 cm³/mol. The number of likely N-dealkylation sites (N-methyl/N-ethyl adjacent to an activating group) is 1. The van der Waals surface area contributed by atoms with Crippen LogP contribution in [0.4, 0.5) is 0 Å². The fourth-order valence-corrected chi connectivity index (χ4v) is 2.02. The van der Waals surface area contributed by atoms with Gasteiger partial charge in [-0.2, -0.15) is 0 Å². The number of aliphatic hydroxyl groups is 1. The maximum absolute atomic E-state index is 9.28. The Morgan fingerprint density at radius 1 is 1.47 bits per heavy atom. The molecule has 1 aromatic rings. The Morgan fingerprint density at radius 3 is 2.53 bits per heavy atom. The third kappa shape index (κ3) is 2.93. The fraction of sp³-hybridized carbons (Fsp3) is 0.455. The van der Waals surface area contributed by atoms with Crippen molar-refractivity contribution in [2.75, 3.05) is 27.8 Å². The molecule has 4 heteroatoms. The molecule has 3 nitrogen and oxygen atoms in total. The van der Waals surface area contributed by atoms with Crippen molar-refractivity contribution < 1.29 is 9.84 Å². The van der Waals surface area contributed by atoms with Gasteiger partial charge >= 0.3 is 0 Å². The number of rotatable bonds is 4. The highest BCUT2D eigenvalue weighted by Crippen LogP contribution is 2.29. The first kappa shape index (κ1) is 12.5. The lowest BCUT2D eigenvalue weighted by Crippen LogP contribution is -2.23. The molecule has 0 fully saturated rings. The molecule has 0 saturated carbocycles. The second-order valence-electron chi connectivity index (χ2n) is 3.56. The second-order valence-corrected chi connectivity index (χ2v) is 4.41. The highest BCUT2D eigenvalue weighted by Gasteiger charge is 2.14. The van der Waals surface area contributed by atoms with E-state index in [0.717, 1.165) is 15.8 Å². The van der Waals surface area contributed by atoms with Crippen LogP contribution in [0.2, 0.25) is 0 Å². The Morgan fingerprint density at radius 2 is 2.13 bits per heavy atom. The normalized spacial score (nSPS) is 12.9. The van der Waals surface area contributed by atoms with Crippen molar-refractivity contribution in [2.24, 2.45) is 0 Å². The molecule has 84 valence electrons. The summed E-state index contributed by atoms with van der Waals surface area (Å²) < 4.78 is 6.06. The Bertz CT molecular complexity index is 328. The Labute approximate surface area is 98.8 Å². The van der Waals surface area contributed by atoms with Crippen LogP contribution in [0.1, 0.15) is 11.6 Å². The van der Waals surface area contributed by atoms with Gasteiger partial charge in [-0.1, -0.05) is 6.07 Å². The number of methoxy groups -OCH3 is 1. The molecule has 1 rings (SSSR count). The highest BCUT2D eigenvalue weighted by atomic mass is 79.9. The molecule has 0 heterocycles. The van der Waals surface area contributed by atoms with E-state index < -0.39 is 0 Å². The average Bonchev–Trinajstić information content (AvgIpc) is 2.18. The zero-order chi connectivity index (χ0) is 11.4. The van der Waals surface area contributed by atoms with E-state index in [-0.39, 0.29) is 12.6 Å². The van der Waals surface area contributed by atoms with Gasteiger partial charge < -0.3 is 14.7 Å². The van der Waals surface area contributed by atoms with E-state index >= 15 is 0 Å². The van der Waals surface area contributed by atoms with Crippen LogP contribution >= 0.6 is 15.9 Å². The van der Waals surface area contributed by atoms with E-state index in [1.165, 1.54) is 0 Å². The minimum Gasteiger partial charge on any atom is -0.496 e. The maximum Gasteiger partial charge on any atom is 0.133 e. The van der Waals surface area contributed by atoms with E-state index in [1.54, 1.807) is 7.11 Å².